The summed E-state index contributed by atoms with van der Waals surface area (Å²) in [5.41, 5.74) is 4.93. The molecule has 3 aromatic rings. The molecule has 7 nitrogen and oxygen atoms in total. The van der Waals surface area contributed by atoms with Crippen LogP contribution in [-0.2, 0) is 17.8 Å². The minimum atomic E-state index is -1.21. The van der Waals surface area contributed by atoms with Gasteiger partial charge in [-0.05, 0) is 62.9 Å². The zero-order valence-corrected chi connectivity index (χ0v) is 19.0. The summed E-state index contributed by atoms with van der Waals surface area (Å²) in [6.45, 7) is 6.38. The Morgan fingerprint density at radius 3 is 2.97 bits per heavy atom. The van der Waals surface area contributed by atoms with Gasteiger partial charge in [-0.25, -0.2) is 0 Å². The molecular formula is C23H27N5O2S. The van der Waals surface area contributed by atoms with Crippen molar-refractivity contribution in [2.24, 2.45) is 5.41 Å². The van der Waals surface area contributed by atoms with E-state index in [-0.39, 0.29) is 5.41 Å². The summed E-state index contributed by atoms with van der Waals surface area (Å²) in [5, 5.41) is 5.27. The van der Waals surface area contributed by atoms with Crippen molar-refractivity contribution >= 4 is 28.0 Å². The maximum atomic E-state index is 12.5. The molecule has 0 aliphatic carbocycles. The van der Waals surface area contributed by atoms with Crippen molar-refractivity contribution in [1.82, 2.24) is 24.3 Å². The molecule has 1 unspecified atom stereocenters. The van der Waals surface area contributed by atoms with E-state index in [1.54, 1.807) is 7.05 Å². The molecule has 0 radical (unpaired) electrons. The quantitative estimate of drug-likeness (QED) is 0.629. The molecule has 31 heavy (non-hydrogen) atoms. The van der Waals surface area contributed by atoms with Crippen LogP contribution in [0.25, 0.3) is 16.6 Å². The molecule has 6 rings (SSSR count). The number of nitrogens with one attached hydrogen (secondary N) is 1. The van der Waals surface area contributed by atoms with E-state index in [9.17, 15) is 4.55 Å². The molecular weight excluding hydrogens is 410 g/mol. The van der Waals surface area contributed by atoms with Crippen molar-refractivity contribution in [3.05, 3.63) is 47.2 Å². The number of benzene rings is 1. The molecule has 162 valence electrons. The number of aryl methyl sites for hydroxylation is 1. The van der Waals surface area contributed by atoms with Gasteiger partial charge in [0.15, 0.2) is 10.7 Å². The van der Waals surface area contributed by atoms with Gasteiger partial charge in [0, 0.05) is 36.2 Å². The largest absolute Gasteiger partial charge is 0.593 e. The fourth-order valence-corrected chi connectivity index (χ4v) is 6.75. The fraction of sp³-hybridized carbons (Fsp3) is 0.478. The first-order valence-electron chi connectivity index (χ1n) is 11.1. The molecule has 0 bridgehead atoms. The van der Waals surface area contributed by atoms with E-state index in [0.29, 0.717) is 17.8 Å². The number of fused-ring (bicyclic) bond motifs is 3. The van der Waals surface area contributed by atoms with Crippen LogP contribution in [0.1, 0.15) is 55.2 Å². The van der Waals surface area contributed by atoms with E-state index in [1.807, 2.05) is 13.0 Å². The Morgan fingerprint density at radius 1 is 1.35 bits per heavy atom. The van der Waals surface area contributed by atoms with E-state index in [0.717, 1.165) is 48.5 Å². The summed E-state index contributed by atoms with van der Waals surface area (Å²) in [4.78, 5) is 8.09. The third-order valence-corrected chi connectivity index (χ3v) is 8.51. The topological polar surface area (TPSA) is 82.2 Å². The number of hydrogen-bond acceptors (Lipinski definition) is 6. The molecule has 0 spiro atoms. The van der Waals surface area contributed by atoms with E-state index in [2.05, 4.69) is 49.5 Å². The Kier molecular flexibility index (Phi) is 4.37. The first-order chi connectivity index (χ1) is 15.1. The van der Waals surface area contributed by atoms with Crippen molar-refractivity contribution in [3.8, 4) is 0 Å². The molecule has 1 N–H and O–H groups in total. The van der Waals surface area contributed by atoms with Gasteiger partial charge < -0.3 is 13.6 Å². The second-order valence-electron chi connectivity index (χ2n) is 8.91. The lowest BCUT2D eigenvalue weighted by Crippen LogP contribution is -2.50. The zero-order valence-electron chi connectivity index (χ0n) is 18.1. The predicted octanol–water partition coefficient (Wildman–Crippen LogP) is 3.57. The van der Waals surface area contributed by atoms with Gasteiger partial charge in [-0.15, -0.1) is 4.72 Å². The molecule has 1 saturated heterocycles. The summed E-state index contributed by atoms with van der Waals surface area (Å²) in [5.74, 6) is 1.22. The summed E-state index contributed by atoms with van der Waals surface area (Å²) >= 11 is -1.21. The highest BCUT2D eigenvalue weighted by Crippen LogP contribution is 2.57. The SMILES string of the molecule is CC[C@@]12C=C(c3nc(C)no3)n3c4c(c5cc([S+]([O-])NC)ccc53)CCN(CCC1)[C@H]42. The molecule has 1 fully saturated rings. The van der Waals surface area contributed by atoms with Crippen LogP contribution in [0.3, 0.4) is 0 Å². The Bertz CT molecular complexity index is 1210. The van der Waals surface area contributed by atoms with Crippen LogP contribution < -0.4 is 4.72 Å². The van der Waals surface area contributed by atoms with Gasteiger partial charge in [0.2, 0.25) is 0 Å². The smallest absolute Gasteiger partial charge is 0.274 e. The highest BCUT2D eigenvalue weighted by Gasteiger charge is 2.51. The number of rotatable bonds is 4. The lowest BCUT2D eigenvalue weighted by molar-refractivity contribution is 0.0269. The third-order valence-electron chi connectivity index (χ3n) is 7.46. The van der Waals surface area contributed by atoms with Crippen LogP contribution >= 0.6 is 0 Å². The monoisotopic (exact) mass is 437 g/mol. The maximum Gasteiger partial charge on any atom is 0.274 e. The zero-order chi connectivity index (χ0) is 21.3. The summed E-state index contributed by atoms with van der Waals surface area (Å²) in [6, 6.07) is 6.52. The highest BCUT2D eigenvalue weighted by atomic mass is 32.2. The van der Waals surface area contributed by atoms with Gasteiger partial charge in [0.25, 0.3) is 5.89 Å². The summed E-state index contributed by atoms with van der Waals surface area (Å²) in [6.07, 6.45) is 6.86. The third kappa shape index (κ3) is 2.65. The van der Waals surface area contributed by atoms with Gasteiger partial charge in [-0.1, -0.05) is 12.1 Å². The molecule has 0 saturated carbocycles. The Hall–Kier alpha value is -2.13. The second kappa shape index (κ2) is 6.93. The Morgan fingerprint density at radius 2 is 2.23 bits per heavy atom. The average molecular weight is 438 g/mol. The summed E-state index contributed by atoms with van der Waals surface area (Å²) in [7, 11) is 1.73. The molecule has 3 aliphatic rings. The Labute approximate surface area is 184 Å². The first-order valence-corrected chi connectivity index (χ1v) is 12.3. The van der Waals surface area contributed by atoms with Gasteiger partial charge in [0.05, 0.1) is 22.9 Å². The van der Waals surface area contributed by atoms with Crippen LogP contribution in [0.5, 0.6) is 0 Å². The van der Waals surface area contributed by atoms with E-state index < -0.39 is 11.4 Å². The number of piperidine rings is 1. The van der Waals surface area contributed by atoms with Crippen LogP contribution in [0, 0.1) is 12.3 Å². The van der Waals surface area contributed by atoms with E-state index in [1.165, 1.54) is 23.1 Å². The van der Waals surface area contributed by atoms with Crippen molar-refractivity contribution in [1.29, 1.82) is 0 Å². The first kappa shape index (κ1) is 19.5. The van der Waals surface area contributed by atoms with Crippen LogP contribution in [0.15, 0.2) is 33.7 Å². The number of hydrogen-bond donors (Lipinski definition) is 1. The predicted molar refractivity (Wildman–Crippen MR) is 120 cm³/mol. The van der Waals surface area contributed by atoms with Crippen LogP contribution in [-0.4, -0.2) is 44.3 Å². The minimum absolute atomic E-state index is 0.0616. The molecule has 5 heterocycles. The summed E-state index contributed by atoms with van der Waals surface area (Å²) < 4.78 is 23.4. The number of aromatic nitrogens is 3. The van der Waals surface area contributed by atoms with Gasteiger partial charge in [-0.2, -0.15) is 4.98 Å². The van der Waals surface area contributed by atoms with Gasteiger partial charge in [-0.3, -0.25) is 4.90 Å². The van der Waals surface area contributed by atoms with Gasteiger partial charge in [0.1, 0.15) is 5.70 Å². The Balaban J connectivity index is 1.68. The standard InChI is InChI=1S/C23H27N5O2S/c1-4-23-9-5-10-27-11-8-16-17-12-15(31(29)24-3)6-7-18(17)28(20(16)21(23)27)19(13-23)22-25-14(2)26-30-22/h6-7,12-13,21,24H,4-5,8-11H2,1-3H3/t21-,23+,31?/m1/s1. The van der Waals surface area contributed by atoms with E-state index >= 15 is 0 Å². The van der Waals surface area contributed by atoms with Crippen molar-refractivity contribution < 1.29 is 9.08 Å². The molecule has 0 amide bonds. The maximum absolute atomic E-state index is 12.5. The average Bonchev–Trinajstić information content (AvgIpc) is 3.38. The lowest BCUT2D eigenvalue weighted by Gasteiger charge is -2.53. The van der Waals surface area contributed by atoms with E-state index in [4.69, 9.17) is 4.52 Å². The molecule has 1 aromatic carbocycles. The van der Waals surface area contributed by atoms with Gasteiger partial charge >= 0.3 is 0 Å². The normalized spacial score (nSPS) is 26.1. The molecule has 3 atom stereocenters. The molecule has 3 aliphatic heterocycles. The molecule has 8 heteroatoms. The lowest BCUT2D eigenvalue weighted by atomic mass is 9.66. The molecule has 2 aromatic heterocycles. The van der Waals surface area contributed by atoms with Crippen LogP contribution in [0.4, 0.5) is 0 Å². The van der Waals surface area contributed by atoms with Crippen molar-refractivity contribution in [3.63, 3.8) is 0 Å². The fourth-order valence-electron chi connectivity index (χ4n) is 6.10. The van der Waals surface area contributed by atoms with Crippen molar-refractivity contribution in [2.45, 2.75) is 50.5 Å². The number of nitrogens with zero attached hydrogens (tertiary/aromatic N) is 4. The second-order valence-corrected chi connectivity index (χ2v) is 10.3. The van der Waals surface area contributed by atoms with Crippen LogP contribution in [0.2, 0.25) is 0 Å². The highest BCUT2D eigenvalue weighted by molar-refractivity contribution is 7.89. The van der Waals surface area contributed by atoms with Crippen molar-refractivity contribution in [2.75, 3.05) is 20.1 Å². The minimum Gasteiger partial charge on any atom is -0.593 e.